The summed E-state index contributed by atoms with van der Waals surface area (Å²) in [7, 11) is 2.01. The Hall–Kier alpha value is -2.21. The van der Waals surface area contributed by atoms with Crippen molar-refractivity contribution in [3.05, 3.63) is 48.5 Å². The number of piperidine rings is 1. The van der Waals surface area contributed by atoms with Crippen molar-refractivity contribution in [2.45, 2.75) is 31.8 Å². The maximum absolute atomic E-state index is 13.3. The molecule has 2 heterocycles. The van der Waals surface area contributed by atoms with E-state index in [-0.39, 0.29) is 18.0 Å². The van der Waals surface area contributed by atoms with Crippen LogP contribution in [0.3, 0.4) is 0 Å². The molecule has 2 aromatic rings. The minimum Gasteiger partial charge on any atom is -0.339 e. The largest absolute Gasteiger partial charge is 0.339 e. The summed E-state index contributed by atoms with van der Waals surface area (Å²) < 4.78 is 1.88. The Morgan fingerprint density at radius 2 is 2.17 bits per heavy atom. The first kappa shape index (κ1) is 16.6. The lowest BCUT2D eigenvalue weighted by Gasteiger charge is -2.37. The van der Waals surface area contributed by atoms with Gasteiger partial charge in [-0.05, 0) is 32.0 Å². The summed E-state index contributed by atoms with van der Waals surface area (Å²) in [6.45, 7) is 4.41. The smallest absolute Gasteiger partial charge is 0.244 e. The van der Waals surface area contributed by atoms with E-state index < -0.39 is 0 Å². The molecule has 1 aliphatic heterocycles. The molecule has 1 amide bonds. The lowest BCUT2D eigenvalue weighted by atomic mass is 10.0. The van der Waals surface area contributed by atoms with Crippen LogP contribution in [0.5, 0.6) is 0 Å². The summed E-state index contributed by atoms with van der Waals surface area (Å²) >= 11 is 0. The van der Waals surface area contributed by atoms with Gasteiger partial charge in [0.25, 0.3) is 0 Å². The van der Waals surface area contributed by atoms with Gasteiger partial charge >= 0.3 is 0 Å². The van der Waals surface area contributed by atoms with Gasteiger partial charge in [-0.2, -0.15) is 5.10 Å². The summed E-state index contributed by atoms with van der Waals surface area (Å²) in [6.07, 6.45) is 5.32. The molecule has 2 atom stereocenters. The molecule has 128 valence electrons. The van der Waals surface area contributed by atoms with Crippen molar-refractivity contribution < 1.29 is 4.79 Å². The van der Waals surface area contributed by atoms with Crippen molar-refractivity contribution in [2.75, 3.05) is 26.7 Å². The number of aromatic nitrogens is 3. The average molecular weight is 327 g/mol. The van der Waals surface area contributed by atoms with Gasteiger partial charge in [0, 0.05) is 13.1 Å². The van der Waals surface area contributed by atoms with Gasteiger partial charge in [-0.25, -0.2) is 9.67 Å². The minimum atomic E-state index is -0.231. The van der Waals surface area contributed by atoms with E-state index >= 15 is 0 Å². The highest BCUT2D eigenvalue weighted by Gasteiger charge is 2.32. The highest BCUT2D eigenvalue weighted by Crippen LogP contribution is 2.26. The van der Waals surface area contributed by atoms with Crippen LogP contribution < -0.4 is 0 Å². The molecule has 24 heavy (non-hydrogen) atoms. The van der Waals surface area contributed by atoms with Crippen molar-refractivity contribution in [3.63, 3.8) is 0 Å². The van der Waals surface area contributed by atoms with Gasteiger partial charge in [0.15, 0.2) is 0 Å². The van der Waals surface area contributed by atoms with E-state index in [4.69, 9.17) is 0 Å². The van der Waals surface area contributed by atoms with Gasteiger partial charge in [-0.3, -0.25) is 9.69 Å². The number of rotatable bonds is 5. The Bertz CT molecular complexity index is 643. The number of benzene rings is 1. The zero-order valence-electron chi connectivity index (χ0n) is 14.4. The average Bonchev–Trinajstić information content (AvgIpc) is 3.17. The molecule has 6 nitrogen and oxygen atoms in total. The number of amides is 1. The predicted molar refractivity (Wildman–Crippen MR) is 92.4 cm³/mol. The van der Waals surface area contributed by atoms with Crippen molar-refractivity contribution in [3.8, 4) is 0 Å². The number of carbonyl (C=O) groups is 1. The van der Waals surface area contributed by atoms with Gasteiger partial charge in [0.05, 0.1) is 6.04 Å². The second-order valence-electron chi connectivity index (χ2n) is 6.34. The molecule has 0 bridgehead atoms. The first-order chi connectivity index (χ1) is 11.7. The van der Waals surface area contributed by atoms with Crippen LogP contribution in [0, 0.1) is 0 Å². The first-order valence-corrected chi connectivity index (χ1v) is 8.58. The van der Waals surface area contributed by atoms with Gasteiger partial charge in [0.2, 0.25) is 5.91 Å². The molecule has 6 heteroatoms. The molecule has 1 aromatic heterocycles. The summed E-state index contributed by atoms with van der Waals surface area (Å²) in [4.78, 5) is 21.4. The molecule has 0 aliphatic carbocycles. The standard InChI is InChI=1S/C18H25N5O/c1-3-21(2)17(15-8-5-4-6-9-15)18(24)22-11-7-10-16(12-22)23-14-19-13-20-23/h4-6,8-9,13-14,16-17H,3,7,10-12H2,1-2H3/t16-,17-/m0/s1. The Kier molecular flexibility index (Phi) is 5.25. The fraction of sp³-hybridized carbons (Fsp3) is 0.500. The molecule has 0 N–H and O–H groups in total. The Balaban J connectivity index is 1.79. The van der Waals surface area contributed by atoms with Crippen molar-refractivity contribution in [1.82, 2.24) is 24.6 Å². The zero-order chi connectivity index (χ0) is 16.9. The molecule has 0 radical (unpaired) electrons. The van der Waals surface area contributed by atoms with Crippen LogP contribution in [0.4, 0.5) is 0 Å². The molecule has 0 saturated carbocycles. The van der Waals surface area contributed by atoms with Crippen LogP contribution in [0.2, 0.25) is 0 Å². The quantitative estimate of drug-likeness (QED) is 0.844. The van der Waals surface area contributed by atoms with E-state index in [1.165, 1.54) is 0 Å². The topological polar surface area (TPSA) is 54.3 Å². The van der Waals surface area contributed by atoms with Gasteiger partial charge in [-0.15, -0.1) is 0 Å². The Morgan fingerprint density at radius 1 is 1.38 bits per heavy atom. The van der Waals surface area contributed by atoms with Gasteiger partial charge in [0.1, 0.15) is 18.7 Å². The fourth-order valence-corrected chi connectivity index (χ4v) is 3.35. The number of nitrogens with zero attached hydrogens (tertiary/aromatic N) is 5. The third-order valence-electron chi connectivity index (χ3n) is 4.81. The van der Waals surface area contributed by atoms with E-state index in [2.05, 4.69) is 21.9 Å². The Morgan fingerprint density at radius 3 is 2.83 bits per heavy atom. The number of likely N-dealkylation sites (tertiary alicyclic amines) is 1. The third kappa shape index (κ3) is 3.48. The SMILES string of the molecule is CCN(C)[C@H](C(=O)N1CCC[C@H](n2cncn2)C1)c1ccccc1. The first-order valence-electron chi connectivity index (χ1n) is 8.58. The monoisotopic (exact) mass is 327 g/mol. The minimum absolute atomic E-state index is 0.176. The highest BCUT2D eigenvalue weighted by atomic mass is 16.2. The fourth-order valence-electron chi connectivity index (χ4n) is 3.35. The van der Waals surface area contributed by atoms with Crippen LogP contribution in [0.15, 0.2) is 43.0 Å². The van der Waals surface area contributed by atoms with Crippen LogP contribution in [0.25, 0.3) is 0 Å². The summed E-state index contributed by atoms with van der Waals surface area (Å²) in [6, 6.07) is 10.0. The van der Waals surface area contributed by atoms with Gasteiger partial charge < -0.3 is 4.90 Å². The lowest BCUT2D eigenvalue weighted by Crippen LogP contribution is -2.46. The molecular weight excluding hydrogens is 302 g/mol. The van der Waals surface area contributed by atoms with E-state index in [1.807, 2.05) is 47.0 Å². The number of likely N-dealkylation sites (N-methyl/N-ethyl adjacent to an activating group) is 1. The number of carbonyl (C=O) groups excluding carboxylic acids is 1. The lowest BCUT2D eigenvalue weighted by molar-refractivity contribution is -0.138. The second kappa shape index (κ2) is 7.57. The van der Waals surface area contributed by atoms with E-state index in [0.717, 1.165) is 31.5 Å². The molecule has 3 rings (SSSR count). The van der Waals surface area contributed by atoms with Crippen LogP contribution in [0.1, 0.15) is 37.4 Å². The van der Waals surface area contributed by atoms with Crippen LogP contribution in [-0.2, 0) is 4.79 Å². The molecule has 0 unspecified atom stereocenters. The van der Waals surface area contributed by atoms with Crippen LogP contribution >= 0.6 is 0 Å². The summed E-state index contributed by atoms with van der Waals surface area (Å²) in [5.74, 6) is 0.176. The molecule has 1 aliphatic rings. The molecule has 0 spiro atoms. The highest BCUT2D eigenvalue weighted by molar-refractivity contribution is 5.83. The maximum Gasteiger partial charge on any atom is 0.244 e. The third-order valence-corrected chi connectivity index (χ3v) is 4.81. The zero-order valence-corrected chi connectivity index (χ0v) is 14.4. The van der Waals surface area contributed by atoms with E-state index in [0.29, 0.717) is 6.54 Å². The normalized spacial score (nSPS) is 19.5. The summed E-state index contributed by atoms with van der Waals surface area (Å²) in [5, 5.41) is 4.25. The number of hydrogen-bond acceptors (Lipinski definition) is 4. The molecule has 1 aromatic carbocycles. The molecular formula is C18H25N5O. The van der Waals surface area contributed by atoms with Gasteiger partial charge in [-0.1, -0.05) is 37.3 Å². The summed E-state index contributed by atoms with van der Waals surface area (Å²) in [5.41, 5.74) is 1.05. The Labute approximate surface area is 143 Å². The van der Waals surface area contributed by atoms with Crippen molar-refractivity contribution in [2.24, 2.45) is 0 Å². The van der Waals surface area contributed by atoms with E-state index in [9.17, 15) is 4.79 Å². The maximum atomic E-state index is 13.3. The van der Waals surface area contributed by atoms with Crippen LogP contribution in [-0.4, -0.2) is 57.2 Å². The molecule has 1 fully saturated rings. The predicted octanol–water partition coefficient (Wildman–Crippen LogP) is 2.13. The second-order valence-corrected chi connectivity index (χ2v) is 6.34. The van der Waals surface area contributed by atoms with Crippen molar-refractivity contribution in [1.29, 1.82) is 0 Å². The molecule has 1 saturated heterocycles. The van der Waals surface area contributed by atoms with E-state index in [1.54, 1.807) is 12.7 Å². The number of hydrogen-bond donors (Lipinski definition) is 0. The van der Waals surface area contributed by atoms with Crippen molar-refractivity contribution >= 4 is 5.91 Å².